The Morgan fingerprint density at radius 1 is 1.32 bits per heavy atom. The van der Waals surface area contributed by atoms with E-state index in [0.29, 0.717) is 41.8 Å². The maximum absolute atomic E-state index is 12.5. The fourth-order valence-corrected chi connectivity index (χ4v) is 3.67. The molecule has 0 aromatic heterocycles. The quantitative estimate of drug-likeness (QED) is 0.647. The minimum absolute atomic E-state index is 0.187. The Labute approximate surface area is 175 Å². The summed E-state index contributed by atoms with van der Waals surface area (Å²) in [5.74, 6) is -0.0160. The third-order valence-corrected chi connectivity index (χ3v) is 5.55. The van der Waals surface area contributed by atoms with Gasteiger partial charge in [-0.1, -0.05) is 18.5 Å². The van der Waals surface area contributed by atoms with E-state index in [-0.39, 0.29) is 18.4 Å². The SMILES string of the molecule is CSCC[C@H](NC(=O)c1ccc(Cl)cc1)C(=O)OCC(=O)N1CCC[C@H](C)C1. The van der Waals surface area contributed by atoms with Gasteiger partial charge in [0, 0.05) is 23.7 Å². The number of carbonyl (C=O) groups excluding carboxylic acids is 3. The number of rotatable bonds is 8. The summed E-state index contributed by atoms with van der Waals surface area (Å²) in [6, 6.07) is 5.61. The third-order valence-electron chi connectivity index (χ3n) is 4.65. The Morgan fingerprint density at radius 2 is 2.04 bits per heavy atom. The predicted molar refractivity (Wildman–Crippen MR) is 112 cm³/mol. The van der Waals surface area contributed by atoms with E-state index >= 15 is 0 Å². The van der Waals surface area contributed by atoms with Gasteiger partial charge in [0.2, 0.25) is 0 Å². The molecule has 1 saturated heterocycles. The van der Waals surface area contributed by atoms with Crippen LogP contribution in [0.4, 0.5) is 0 Å². The van der Waals surface area contributed by atoms with Crippen molar-refractivity contribution in [2.75, 3.05) is 31.7 Å². The van der Waals surface area contributed by atoms with E-state index in [1.54, 1.807) is 40.9 Å². The largest absolute Gasteiger partial charge is 0.454 e. The highest BCUT2D eigenvalue weighted by atomic mass is 35.5. The second kappa shape index (κ2) is 11.3. The number of esters is 1. The standard InChI is InChI=1S/C20H27ClN2O4S/c1-14-4-3-10-23(12-14)18(24)13-27-20(26)17(9-11-28-2)22-19(25)15-5-7-16(21)8-6-15/h5-8,14,17H,3-4,9-13H2,1-2H3,(H,22,25)/t14-,17-/m0/s1. The highest BCUT2D eigenvalue weighted by molar-refractivity contribution is 7.98. The molecule has 1 aromatic rings. The maximum Gasteiger partial charge on any atom is 0.329 e. The number of benzene rings is 1. The summed E-state index contributed by atoms with van der Waals surface area (Å²) in [6.45, 7) is 3.21. The van der Waals surface area contributed by atoms with Crippen molar-refractivity contribution in [3.05, 3.63) is 34.9 Å². The molecule has 1 fully saturated rings. The van der Waals surface area contributed by atoms with Gasteiger partial charge < -0.3 is 15.0 Å². The van der Waals surface area contributed by atoms with Crippen molar-refractivity contribution in [2.24, 2.45) is 5.92 Å². The van der Waals surface area contributed by atoms with Crippen molar-refractivity contribution in [1.29, 1.82) is 0 Å². The number of piperidine rings is 1. The number of likely N-dealkylation sites (tertiary alicyclic amines) is 1. The predicted octanol–water partition coefficient (Wildman–Crippen LogP) is 2.99. The zero-order valence-corrected chi connectivity index (χ0v) is 17.9. The van der Waals surface area contributed by atoms with E-state index in [4.69, 9.17) is 16.3 Å². The lowest BCUT2D eigenvalue weighted by atomic mass is 10.0. The minimum atomic E-state index is -0.802. The highest BCUT2D eigenvalue weighted by Gasteiger charge is 2.26. The van der Waals surface area contributed by atoms with Crippen molar-refractivity contribution in [3.8, 4) is 0 Å². The maximum atomic E-state index is 12.5. The Bertz CT molecular complexity index is 683. The van der Waals surface area contributed by atoms with Gasteiger partial charge in [0.05, 0.1) is 0 Å². The smallest absolute Gasteiger partial charge is 0.329 e. The molecule has 2 rings (SSSR count). The van der Waals surface area contributed by atoms with Crippen LogP contribution in [-0.2, 0) is 14.3 Å². The summed E-state index contributed by atoms with van der Waals surface area (Å²) >= 11 is 7.41. The van der Waals surface area contributed by atoms with Crippen LogP contribution in [0.25, 0.3) is 0 Å². The van der Waals surface area contributed by atoms with Crippen LogP contribution in [-0.4, -0.2) is 60.4 Å². The molecule has 0 bridgehead atoms. The number of amides is 2. The lowest BCUT2D eigenvalue weighted by molar-refractivity contribution is -0.154. The van der Waals surface area contributed by atoms with E-state index in [0.717, 1.165) is 12.8 Å². The van der Waals surface area contributed by atoms with Crippen molar-refractivity contribution >= 4 is 41.1 Å². The van der Waals surface area contributed by atoms with Crippen LogP contribution in [0.1, 0.15) is 36.5 Å². The monoisotopic (exact) mass is 426 g/mol. The lowest BCUT2D eigenvalue weighted by Gasteiger charge is -2.30. The Balaban J connectivity index is 1.91. The summed E-state index contributed by atoms with van der Waals surface area (Å²) in [6.07, 6.45) is 4.42. The Kier molecular flexibility index (Phi) is 9.12. The topological polar surface area (TPSA) is 75.7 Å². The number of hydrogen-bond donors (Lipinski definition) is 1. The zero-order valence-electron chi connectivity index (χ0n) is 16.3. The molecule has 1 heterocycles. The van der Waals surface area contributed by atoms with Crippen LogP contribution in [0.5, 0.6) is 0 Å². The van der Waals surface area contributed by atoms with Crippen molar-refractivity contribution in [3.63, 3.8) is 0 Å². The molecule has 1 aliphatic heterocycles. The normalized spacial score (nSPS) is 17.7. The van der Waals surface area contributed by atoms with Crippen LogP contribution in [0.15, 0.2) is 24.3 Å². The van der Waals surface area contributed by atoms with E-state index < -0.39 is 12.0 Å². The molecule has 2 amide bonds. The van der Waals surface area contributed by atoms with E-state index in [1.165, 1.54) is 0 Å². The molecule has 0 aliphatic carbocycles. The van der Waals surface area contributed by atoms with Gasteiger partial charge in [-0.2, -0.15) is 11.8 Å². The summed E-state index contributed by atoms with van der Waals surface area (Å²) in [5, 5.41) is 3.23. The Hall–Kier alpha value is -1.73. The molecule has 1 aliphatic rings. The van der Waals surface area contributed by atoms with Gasteiger partial charge >= 0.3 is 5.97 Å². The fourth-order valence-electron chi connectivity index (χ4n) is 3.07. The van der Waals surface area contributed by atoms with E-state index in [2.05, 4.69) is 12.2 Å². The van der Waals surface area contributed by atoms with Crippen LogP contribution < -0.4 is 5.32 Å². The van der Waals surface area contributed by atoms with Crippen LogP contribution in [0, 0.1) is 5.92 Å². The summed E-state index contributed by atoms with van der Waals surface area (Å²) in [7, 11) is 0. The van der Waals surface area contributed by atoms with Gasteiger partial charge in [-0.15, -0.1) is 0 Å². The molecule has 1 N–H and O–H groups in total. The molecule has 1 aromatic carbocycles. The Morgan fingerprint density at radius 3 is 2.68 bits per heavy atom. The number of thioether (sulfide) groups is 1. The molecule has 0 spiro atoms. The third kappa shape index (κ3) is 7.02. The van der Waals surface area contributed by atoms with Gasteiger partial charge in [0.1, 0.15) is 6.04 Å². The highest BCUT2D eigenvalue weighted by Crippen LogP contribution is 2.15. The second-order valence-corrected chi connectivity index (χ2v) is 8.43. The van der Waals surface area contributed by atoms with Gasteiger partial charge in [-0.25, -0.2) is 4.79 Å². The van der Waals surface area contributed by atoms with Crippen LogP contribution >= 0.6 is 23.4 Å². The number of halogens is 1. The summed E-state index contributed by atoms with van der Waals surface area (Å²) < 4.78 is 5.23. The summed E-state index contributed by atoms with van der Waals surface area (Å²) in [5.41, 5.74) is 0.407. The van der Waals surface area contributed by atoms with Gasteiger partial charge in [-0.05, 0) is 61.5 Å². The molecule has 6 nitrogen and oxygen atoms in total. The van der Waals surface area contributed by atoms with Gasteiger partial charge in [0.25, 0.3) is 11.8 Å². The molecule has 0 unspecified atom stereocenters. The first-order chi connectivity index (χ1) is 13.4. The van der Waals surface area contributed by atoms with Crippen molar-refractivity contribution in [2.45, 2.75) is 32.2 Å². The first-order valence-corrected chi connectivity index (χ1v) is 11.2. The number of ether oxygens (including phenoxy) is 1. The molecule has 0 saturated carbocycles. The first kappa shape index (κ1) is 22.6. The van der Waals surface area contributed by atoms with E-state index in [1.807, 2.05) is 6.26 Å². The average molecular weight is 427 g/mol. The second-order valence-electron chi connectivity index (χ2n) is 7.01. The lowest BCUT2D eigenvalue weighted by Crippen LogP contribution is -2.45. The van der Waals surface area contributed by atoms with Crippen LogP contribution in [0.3, 0.4) is 0 Å². The average Bonchev–Trinajstić information content (AvgIpc) is 2.69. The van der Waals surface area contributed by atoms with Gasteiger partial charge in [0.15, 0.2) is 6.61 Å². The molecule has 28 heavy (non-hydrogen) atoms. The molecular weight excluding hydrogens is 400 g/mol. The molecule has 0 radical (unpaired) electrons. The number of nitrogens with one attached hydrogen (secondary N) is 1. The molecular formula is C20H27ClN2O4S. The van der Waals surface area contributed by atoms with Gasteiger partial charge in [-0.3, -0.25) is 9.59 Å². The summed E-state index contributed by atoms with van der Waals surface area (Å²) in [4.78, 5) is 38.9. The molecule has 154 valence electrons. The van der Waals surface area contributed by atoms with E-state index in [9.17, 15) is 14.4 Å². The van der Waals surface area contributed by atoms with Crippen molar-refractivity contribution in [1.82, 2.24) is 10.2 Å². The van der Waals surface area contributed by atoms with Crippen LogP contribution in [0.2, 0.25) is 5.02 Å². The van der Waals surface area contributed by atoms with Crippen molar-refractivity contribution < 1.29 is 19.1 Å². The minimum Gasteiger partial charge on any atom is -0.454 e. The molecule has 2 atom stereocenters. The number of nitrogens with zero attached hydrogens (tertiary/aromatic N) is 1. The first-order valence-electron chi connectivity index (χ1n) is 9.40. The fraction of sp³-hybridized carbons (Fsp3) is 0.550. The molecule has 8 heteroatoms. The zero-order chi connectivity index (χ0) is 20.5. The number of carbonyl (C=O) groups is 3. The number of hydrogen-bond acceptors (Lipinski definition) is 5.